The smallest absolute Gasteiger partial charge is 0.0914 e. The minimum atomic E-state index is -0.271. The Morgan fingerprint density at radius 3 is 2.55 bits per heavy atom. The maximum Gasteiger partial charge on any atom is 0.0914 e. The number of hydrogen-bond donors (Lipinski definition) is 0. The number of aryl methyl sites for hydroxylation is 1. The maximum atomic E-state index is 10.4. The summed E-state index contributed by atoms with van der Waals surface area (Å²) < 4.78 is 0. The first kappa shape index (κ1) is 13.6. The van der Waals surface area contributed by atoms with Crippen LogP contribution in [0.3, 0.4) is 0 Å². The van der Waals surface area contributed by atoms with Crippen LogP contribution in [0, 0.1) is 7.43 Å². The Bertz CT molecular complexity index is 226. The molecule has 1 aromatic rings. The molecule has 0 fully saturated rings. The molecule has 1 radical (unpaired) electrons. The fourth-order valence-corrected chi connectivity index (χ4v) is 0.536. The second-order valence-electron chi connectivity index (χ2n) is 1.72. The molecule has 0 spiro atoms. The van der Waals surface area contributed by atoms with E-state index in [9.17, 15) is 4.79 Å². The van der Waals surface area contributed by atoms with Gasteiger partial charge in [0.15, 0.2) is 0 Å². The Hall–Kier alpha value is -0.0161. The van der Waals surface area contributed by atoms with Crippen LogP contribution in [0.5, 0.6) is 0 Å². The van der Waals surface area contributed by atoms with Gasteiger partial charge in [0.2, 0.25) is 0 Å². The first-order valence-corrected chi connectivity index (χ1v) is 2.82. The molecule has 0 unspecified atom stereocenters. The fourth-order valence-electron chi connectivity index (χ4n) is 0.536. The van der Waals surface area contributed by atoms with Crippen LogP contribution >= 0.6 is 0 Å². The van der Waals surface area contributed by atoms with Crippen LogP contribution in [0.1, 0.15) is 12.6 Å². The molecule has 3 nitrogen and oxygen atoms in total. The molecule has 0 aliphatic rings. The molecule has 1 heterocycles. The van der Waals surface area contributed by atoms with E-state index in [-0.39, 0.29) is 45.7 Å². The van der Waals surface area contributed by atoms with Gasteiger partial charge in [-0.1, -0.05) is 6.92 Å². The summed E-state index contributed by atoms with van der Waals surface area (Å²) in [7, 11) is 0. The molecule has 0 saturated heterocycles. The maximum absolute atomic E-state index is 10.4. The van der Waals surface area contributed by atoms with Gasteiger partial charge < -0.3 is 22.4 Å². The van der Waals surface area contributed by atoms with Crippen LogP contribution in [0.4, 0.5) is 0 Å². The van der Waals surface area contributed by atoms with E-state index in [4.69, 9.17) is 0 Å². The minimum Gasteiger partial charge on any atom is -0.541 e. The summed E-state index contributed by atoms with van der Waals surface area (Å²) in [5, 5.41) is 6.98. The third-order valence-electron chi connectivity index (χ3n) is 1.06. The van der Waals surface area contributed by atoms with Crippen molar-refractivity contribution < 1.29 is 32.7 Å². The minimum absolute atomic E-state index is 0. The normalized spacial score (nSPS) is 7.73. The van der Waals surface area contributed by atoms with Gasteiger partial charge in [0, 0.05) is 38.4 Å². The summed E-state index contributed by atoms with van der Waals surface area (Å²) >= 11 is 0. The summed E-state index contributed by atoms with van der Waals surface area (Å²) in [5.41, 5.74) is 0.585. The first-order valence-electron chi connectivity index (χ1n) is 2.82. The summed E-state index contributed by atoms with van der Waals surface area (Å²) in [4.78, 5) is 10.4. The van der Waals surface area contributed by atoms with E-state index in [2.05, 4.69) is 10.2 Å². The molecule has 0 aliphatic carbocycles. The quantitative estimate of drug-likeness (QED) is 0.652. The van der Waals surface area contributed by atoms with Crippen LogP contribution in [0.15, 0.2) is 16.9 Å². The third kappa shape index (κ3) is 4.43. The molecule has 0 aromatic carbocycles. The Morgan fingerprint density at radius 1 is 1.55 bits per heavy atom. The average molecular weight is 227 g/mol. The molecule has 4 heteroatoms. The molecule has 11 heavy (non-hydrogen) atoms. The predicted molar refractivity (Wildman–Crippen MR) is 39.6 cm³/mol. The van der Waals surface area contributed by atoms with Crippen molar-refractivity contribution in [3.8, 4) is 0 Å². The van der Waals surface area contributed by atoms with Crippen molar-refractivity contribution in [3.63, 3.8) is 0 Å². The van der Waals surface area contributed by atoms with Crippen LogP contribution in [-0.2, 0) is 39.1 Å². The monoisotopic (exact) mass is 227 g/mol. The number of aromatic nitrogens is 2. The molecular formula is C7H10N2OY-2. The van der Waals surface area contributed by atoms with E-state index in [1.807, 2.05) is 6.92 Å². The number of rotatable bonds is 1. The van der Waals surface area contributed by atoms with Crippen molar-refractivity contribution in [2.24, 2.45) is 0 Å². The van der Waals surface area contributed by atoms with E-state index in [1.54, 1.807) is 6.07 Å². The van der Waals surface area contributed by atoms with E-state index in [0.717, 1.165) is 12.1 Å². The number of hydrogen-bond acceptors (Lipinski definition) is 2. The number of nitrogens with zero attached hydrogens (tertiary/aromatic N) is 2. The summed E-state index contributed by atoms with van der Waals surface area (Å²) in [6, 6.07) is 3.11. The molecule has 0 saturated carbocycles. The largest absolute Gasteiger partial charge is 0.541 e. The van der Waals surface area contributed by atoms with Crippen molar-refractivity contribution in [2.45, 2.75) is 13.3 Å². The molecular weight excluding hydrogens is 217 g/mol. The van der Waals surface area contributed by atoms with Crippen LogP contribution in [0.25, 0.3) is 0 Å². The van der Waals surface area contributed by atoms with Crippen molar-refractivity contribution >= 4 is 0 Å². The second-order valence-corrected chi connectivity index (χ2v) is 1.72. The molecule has 0 amide bonds. The van der Waals surface area contributed by atoms with Gasteiger partial charge in [0.25, 0.3) is 0 Å². The Morgan fingerprint density at radius 2 is 2.18 bits per heavy atom. The Kier molecular flexibility index (Phi) is 8.24. The summed E-state index contributed by atoms with van der Waals surface area (Å²) in [6.07, 6.45) is 0.827. The van der Waals surface area contributed by atoms with E-state index in [0.29, 0.717) is 0 Å². The van der Waals surface area contributed by atoms with Gasteiger partial charge in [-0.05, 0) is 18.6 Å². The molecule has 0 aliphatic heterocycles. The standard InChI is InChI=1S/C6H8N2O.CH3.Y/c1-2-5-3-4-6(9)8-7-5;;/h3-4H,2H2,1H3,(H,8,9);1H3;/q;-1;/p-1. The SMILES string of the molecule is CCc1ccc(=O)[n-]n1.[CH3-].[Y]. The first-order chi connectivity index (χ1) is 4.33. The topological polar surface area (TPSA) is 44.1 Å². The van der Waals surface area contributed by atoms with Crippen molar-refractivity contribution in [1.82, 2.24) is 10.2 Å². The van der Waals surface area contributed by atoms with E-state index in [1.165, 1.54) is 6.07 Å². The molecule has 0 atom stereocenters. The van der Waals surface area contributed by atoms with Gasteiger partial charge in [-0.3, -0.25) is 0 Å². The molecule has 0 N–H and O–H groups in total. The zero-order chi connectivity index (χ0) is 6.69. The molecule has 0 bridgehead atoms. The third-order valence-corrected chi connectivity index (χ3v) is 1.06. The van der Waals surface area contributed by atoms with Gasteiger partial charge in [0.05, 0.1) is 5.56 Å². The van der Waals surface area contributed by atoms with Crippen LogP contribution in [0.2, 0.25) is 0 Å². The fraction of sp³-hybridized carbons (Fsp3) is 0.286. The van der Waals surface area contributed by atoms with Crippen LogP contribution in [-0.4, -0.2) is 5.10 Å². The van der Waals surface area contributed by atoms with Gasteiger partial charge in [0.1, 0.15) is 0 Å². The molecule has 1 rings (SSSR count). The summed E-state index contributed by atoms with van der Waals surface area (Å²) in [6.45, 7) is 1.97. The predicted octanol–water partition coefficient (Wildman–Crippen LogP) is 0.409. The van der Waals surface area contributed by atoms with Crippen molar-refractivity contribution in [1.29, 1.82) is 0 Å². The van der Waals surface area contributed by atoms with Gasteiger partial charge in [-0.15, -0.1) is 0 Å². The Balaban J connectivity index is 0. The zero-order valence-electron chi connectivity index (χ0n) is 6.74. The van der Waals surface area contributed by atoms with Gasteiger partial charge in [-0.25, -0.2) is 0 Å². The van der Waals surface area contributed by atoms with E-state index < -0.39 is 0 Å². The van der Waals surface area contributed by atoms with Crippen LogP contribution < -0.4 is 10.7 Å². The van der Waals surface area contributed by atoms with Crippen molar-refractivity contribution in [3.05, 3.63) is 35.6 Å². The summed E-state index contributed by atoms with van der Waals surface area (Å²) in [5.74, 6) is 0. The van der Waals surface area contributed by atoms with Gasteiger partial charge >= 0.3 is 0 Å². The molecule has 59 valence electrons. The van der Waals surface area contributed by atoms with E-state index >= 15 is 0 Å². The van der Waals surface area contributed by atoms with Gasteiger partial charge in [-0.2, -0.15) is 0 Å². The average Bonchev–Trinajstić information content (AvgIpc) is 1.90. The zero-order valence-corrected chi connectivity index (χ0v) is 9.58. The van der Waals surface area contributed by atoms with Crippen molar-refractivity contribution in [2.75, 3.05) is 0 Å². The Labute approximate surface area is 91.5 Å². The molecule has 1 aromatic heterocycles. The second kappa shape index (κ2) is 6.68.